The van der Waals surface area contributed by atoms with E-state index >= 15 is 0 Å². The van der Waals surface area contributed by atoms with Gasteiger partial charge in [0.2, 0.25) is 11.9 Å². The second-order valence-corrected chi connectivity index (χ2v) is 5.79. The molecule has 1 aliphatic rings. The van der Waals surface area contributed by atoms with Gasteiger partial charge in [-0.3, -0.25) is 4.90 Å². The molecule has 0 bridgehead atoms. The Hall–Kier alpha value is -1.77. The fourth-order valence-electron chi connectivity index (χ4n) is 2.12. The normalized spacial score (nSPS) is 18.3. The van der Waals surface area contributed by atoms with Crippen LogP contribution in [0.15, 0.2) is 32.7 Å². The number of rotatable bonds is 1. The van der Waals surface area contributed by atoms with Gasteiger partial charge in [-0.25, -0.2) is 4.99 Å². The van der Waals surface area contributed by atoms with Gasteiger partial charge in [0.1, 0.15) is 5.66 Å². The van der Waals surface area contributed by atoms with Crippen molar-refractivity contribution in [3.63, 3.8) is 0 Å². The van der Waals surface area contributed by atoms with Gasteiger partial charge in [0, 0.05) is 10.2 Å². The molecule has 1 heterocycles. The lowest BCUT2D eigenvalue weighted by Crippen LogP contribution is -2.54. The molecule has 0 saturated carbocycles. The number of halogens is 4. The van der Waals surface area contributed by atoms with E-state index in [-0.39, 0.29) is 22.1 Å². The molecule has 0 fully saturated rings. The molecule has 9 heteroatoms. The first-order valence-corrected chi connectivity index (χ1v) is 6.68. The van der Waals surface area contributed by atoms with E-state index in [1.54, 1.807) is 13.8 Å². The van der Waals surface area contributed by atoms with Gasteiger partial charge in [0.05, 0.1) is 5.56 Å². The SMILES string of the molecule is CC1(C)N=C(N)N=C(N)N1c1ccc(Br)c(C(F)(F)F)c1. The number of aliphatic imine (C=N–C) groups is 2. The molecule has 0 unspecified atom stereocenters. The number of guanidine groups is 2. The van der Waals surface area contributed by atoms with Gasteiger partial charge in [-0.15, -0.1) is 0 Å². The monoisotopic (exact) mass is 363 g/mol. The first-order chi connectivity index (χ1) is 9.52. The van der Waals surface area contributed by atoms with Crippen molar-refractivity contribution >= 4 is 33.5 Å². The Morgan fingerprint density at radius 3 is 2.38 bits per heavy atom. The molecule has 0 saturated heterocycles. The minimum atomic E-state index is -4.48. The van der Waals surface area contributed by atoms with Crippen LogP contribution < -0.4 is 16.4 Å². The Morgan fingerprint density at radius 1 is 1.24 bits per heavy atom. The van der Waals surface area contributed by atoms with Gasteiger partial charge in [0.25, 0.3) is 0 Å². The second-order valence-electron chi connectivity index (χ2n) is 4.93. The Labute approximate surface area is 127 Å². The van der Waals surface area contributed by atoms with E-state index in [0.29, 0.717) is 0 Å². The average molecular weight is 364 g/mol. The van der Waals surface area contributed by atoms with Crippen molar-refractivity contribution in [2.75, 3.05) is 4.90 Å². The van der Waals surface area contributed by atoms with Crippen molar-refractivity contribution in [1.29, 1.82) is 0 Å². The molecule has 0 atom stereocenters. The molecule has 4 N–H and O–H groups in total. The van der Waals surface area contributed by atoms with E-state index in [0.717, 1.165) is 6.07 Å². The summed E-state index contributed by atoms with van der Waals surface area (Å²) >= 11 is 2.90. The Kier molecular flexibility index (Phi) is 3.64. The van der Waals surface area contributed by atoms with Crippen molar-refractivity contribution in [3.05, 3.63) is 28.2 Å². The van der Waals surface area contributed by atoms with E-state index < -0.39 is 17.4 Å². The lowest BCUT2D eigenvalue weighted by atomic mass is 10.1. The van der Waals surface area contributed by atoms with Crippen molar-refractivity contribution in [3.8, 4) is 0 Å². The summed E-state index contributed by atoms with van der Waals surface area (Å²) in [4.78, 5) is 9.30. The van der Waals surface area contributed by atoms with Crippen LogP contribution in [0.2, 0.25) is 0 Å². The van der Waals surface area contributed by atoms with Crippen LogP contribution >= 0.6 is 15.9 Å². The number of anilines is 1. The molecule has 0 spiro atoms. The summed E-state index contributed by atoms with van der Waals surface area (Å²) in [5.74, 6) is -0.0233. The molecule has 5 nitrogen and oxygen atoms in total. The quantitative estimate of drug-likeness (QED) is 0.804. The zero-order chi connectivity index (χ0) is 16.0. The number of nitrogens with two attached hydrogens (primary N) is 2. The van der Waals surface area contributed by atoms with Crippen molar-refractivity contribution in [1.82, 2.24) is 0 Å². The fraction of sp³-hybridized carbons (Fsp3) is 0.333. The van der Waals surface area contributed by atoms with Crippen LogP contribution in [0.4, 0.5) is 18.9 Å². The molecule has 114 valence electrons. The van der Waals surface area contributed by atoms with Gasteiger partial charge >= 0.3 is 6.18 Å². The van der Waals surface area contributed by atoms with Gasteiger partial charge in [-0.1, -0.05) is 15.9 Å². The van der Waals surface area contributed by atoms with Crippen LogP contribution in [0.3, 0.4) is 0 Å². The molecule has 0 amide bonds. The zero-order valence-corrected chi connectivity index (χ0v) is 12.8. The minimum Gasteiger partial charge on any atom is -0.369 e. The van der Waals surface area contributed by atoms with Crippen molar-refractivity contribution < 1.29 is 13.2 Å². The van der Waals surface area contributed by atoms with Gasteiger partial charge in [-0.05, 0) is 32.0 Å². The maximum absolute atomic E-state index is 13.0. The fourth-order valence-corrected chi connectivity index (χ4v) is 2.59. The van der Waals surface area contributed by atoms with E-state index in [4.69, 9.17) is 11.5 Å². The number of alkyl halides is 3. The highest BCUT2D eigenvalue weighted by atomic mass is 79.9. The van der Waals surface area contributed by atoms with Gasteiger partial charge in [-0.2, -0.15) is 18.2 Å². The van der Waals surface area contributed by atoms with Gasteiger partial charge in [0.15, 0.2) is 0 Å². The lowest BCUT2D eigenvalue weighted by Gasteiger charge is -2.38. The summed E-state index contributed by atoms with van der Waals surface area (Å²) in [5, 5.41) is 0. The summed E-state index contributed by atoms with van der Waals surface area (Å²) in [7, 11) is 0. The summed E-state index contributed by atoms with van der Waals surface area (Å²) in [5.41, 5.74) is 9.82. The molecule has 1 aromatic rings. The van der Waals surface area contributed by atoms with Crippen molar-refractivity contribution in [2.24, 2.45) is 21.5 Å². The maximum atomic E-state index is 13.0. The molecule has 1 aromatic carbocycles. The van der Waals surface area contributed by atoms with Crippen LogP contribution in [0, 0.1) is 0 Å². The smallest absolute Gasteiger partial charge is 0.369 e. The Morgan fingerprint density at radius 2 is 1.86 bits per heavy atom. The summed E-state index contributed by atoms with van der Waals surface area (Å²) in [6.07, 6.45) is -4.48. The molecule has 0 aromatic heterocycles. The van der Waals surface area contributed by atoms with Gasteiger partial charge < -0.3 is 11.5 Å². The van der Waals surface area contributed by atoms with Crippen molar-refractivity contribution in [2.45, 2.75) is 25.7 Å². The number of hydrogen-bond donors (Lipinski definition) is 2. The topological polar surface area (TPSA) is 80.0 Å². The van der Waals surface area contributed by atoms with Crippen LogP contribution in [0.5, 0.6) is 0 Å². The third-order valence-corrected chi connectivity index (χ3v) is 3.60. The first kappa shape index (κ1) is 15.6. The molecule has 0 aliphatic carbocycles. The highest BCUT2D eigenvalue weighted by molar-refractivity contribution is 9.10. The molecular formula is C12H13BrF3N5. The number of nitrogens with zero attached hydrogens (tertiary/aromatic N) is 3. The second kappa shape index (κ2) is 4.90. The van der Waals surface area contributed by atoms with E-state index in [2.05, 4.69) is 25.9 Å². The number of benzene rings is 1. The zero-order valence-electron chi connectivity index (χ0n) is 11.2. The molecular weight excluding hydrogens is 351 g/mol. The van der Waals surface area contributed by atoms with E-state index in [9.17, 15) is 13.2 Å². The van der Waals surface area contributed by atoms with Crippen LogP contribution in [0.1, 0.15) is 19.4 Å². The molecule has 21 heavy (non-hydrogen) atoms. The third kappa shape index (κ3) is 2.97. The van der Waals surface area contributed by atoms with Crippen LogP contribution in [-0.4, -0.2) is 17.6 Å². The largest absolute Gasteiger partial charge is 0.417 e. The standard InChI is InChI=1S/C12H13BrF3N5/c1-11(2)20-9(17)19-10(18)21(11)6-3-4-8(13)7(5-6)12(14,15)16/h3-5H,1-2H3,(H4,17,18,19,20). The highest BCUT2D eigenvalue weighted by Crippen LogP contribution is 2.38. The molecule has 2 rings (SSSR count). The summed E-state index contributed by atoms with van der Waals surface area (Å²) in [6.45, 7) is 3.35. The summed E-state index contributed by atoms with van der Waals surface area (Å²) < 4.78 is 38.9. The Balaban J connectivity index is 2.55. The average Bonchev–Trinajstić information content (AvgIpc) is 2.27. The predicted octanol–water partition coefficient (Wildman–Crippen LogP) is 2.65. The summed E-state index contributed by atoms with van der Waals surface area (Å²) in [6, 6.07) is 3.80. The molecule has 0 radical (unpaired) electrons. The minimum absolute atomic E-state index is 0.0112. The van der Waals surface area contributed by atoms with E-state index in [1.165, 1.54) is 17.0 Å². The molecule has 1 aliphatic heterocycles. The van der Waals surface area contributed by atoms with E-state index in [1.807, 2.05) is 0 Å². The third-order valence-electron chi connectivity index (χ3n) is 2.91. The highest BCUT2D eigenvalue weighted by Gasteiger charge is 2.37. The predicted molar refractivity (Wildman–Crippen MR) is 78.9 cm³/mol. The van der Waals surface area contributed by atoms with Crippen LogP contribution in [-0.2, 0) is 6.18 Å². The first-order valence-electron chi connectivity index (χ1n) is 5.89. The van der Waals surface area contributed by atoms with Crippen LogP contribution in [0.25, 0.3) is 0 Å². The Bertz CT molecular complexity index is 636. The lowest BCUT2D eigenvalue weighted by molar-refractivity contribution is -0.138. The maximum Gasteiger partial charge on any atom is 0.417 e. The number of hydrogen-bond acceptors (Lipinski definition) is 5.